The highest BCUT2D eigenvalue weighted by Crippen LogP contribution is 2.22. The van der Waals surface area contributed by atoms with Crippen molar-refractivity contribution in [1.29, 1.82) is 0 Å². The van der Waals surface area contributed by atoms with E-state index in [0.29, 0.717) is 13.0 Å². The molecule has 0 saturated heterocycles. The molecule has 0 aliphatic carbocycles. The molecular weight excluding hydrogens is 248 g/mol. The molecule has 18 heavy (non-hydrogen) atoms. The van der Waals surface area contributed by atoms with Gasteiger partial charge in [0.25, 0.3) is 0 Å². The highest BCUT2D eigenvalue weighted by atomic mass is 35.5. The van der Waals surface area contributed by atoms with Crippen LogP contribution in [0.2, 0.25) is 5.02 Å². The highest BCUT2D eigenvalue weighted by Gasteiger charge is 2.09. The topological polar surface area (TPSA) is 32.3 Å². The van der Waals surface area contributed by atoms with Crippen LogP contribution in [0.4, 0.5) is 5.69 Å². The average molecular weight is 269 g/mol. The standard InChI is InChI=1S/C14H21ClN2O/c1-4-17(5-2)14(18)9-10-16-13-8-6-7-12(15)11(13)3/h6-8,16H,4-5,9-10H2,1-3H3. The second-order valence-electron chi connectivity index (χ2n) is 4.16. The molecule has 0 atom stereocenters. The van der Waals surface area contributed by atoms with Crippen LogP contribution in [0.1, 0.15) is 25.8 Å². The van der Waals surface area contributed by atoms with Crippen molar-refractivity contribution in [1.82, 2.24) is 4.90 Å². The van der Waals surface area contributed by atoms with E-state index in [2.05, 4.69) is 5.32 Å². The Morgan fingerprint density at radius 3 is 2.61 bits per heavy atom. The molecule has 0 bridgehead atoms. The number of carbonyl (C=O) groups is 1. The van der Waals surface area contributed by atoms with Crippen LogP contribution in [-0.2, 0) is 4.79 Å². The van der Waals surface area contributed by atoms with Crippen molar-refractivity contribution >= 4 is 23.2 Å². The molecule has 0 fully saturated rings. The van der Waals surface area contributed by atoms with Gasteiger partial charge in [-0.2, -0.15) is 0 Å². The van der Waals surface area contributed by atoms with Crippen molar-refractivity contribution in [2.24, 2.45) is 0 Å². The molecule has 1 aromatic carbocycles. The van der Waals surface area contributed by atoms with Crippen molar-refractivity contribution in [2.45, 2.75) is 27.2 Å². The van der Waals surface area contributed by atoms with Gasteiger partial charge in [0, 0.05) is 36.8 Å². The molecule has 0 radical (unpaired) electrons. The van der Waals surface area contributed by atoms with E-state index < -0.39 is 0 Å². The first-order valence-electron chi connectivity index (χ1n) is 6.36. The Morgan fingerprint density at radius 2 is 2.00 bits per heavy atom. The van der Waals surface area contributed by atoms with Crippen LogP contribution < -0.4 is 5.32 Å². The molecule has 4 heteroatoms. The van der Waals surface area contributed by atoms with Gasteiger partial charge in [0.1, 0.15) is 0 Å². The summed E-state index contributed by atoms with van der Waals surface area (Å²) in [7, 11) is 0. The van der Waals surface area contributed by atoms with Gasteiger partial charge in [-0.1, -0.05) is 17.7 Å². The van der Waals surface area contributed by atoms with Crippen molar-refractivity contribution < 1.29 is 4.79 Å². The largest absolute Gasteiger partial charge is 0.384 e. The Bertz CT molecular complexity index is 403. The van der Waals surface area contributed by atoms with E-state index in [1.807, 2.05) is 43.9 Å². The number of nitrogens with one attached hydrogen (secondary N) is 1. The quantitative estimate of drug-likeness (QED) is 0.858. The summed E-state index contributed by atoms with van der Waals surface area (Å²) in [4.78, 5) is 13.6. The zero-order chi connectivity index (χ0) is 13.5. The number of hydrogen-bond acceptors (Lipinski definition) is 2. The number of rotatable bonds is 6. The summed E-state index contributed by atoms with van der Waals surface area (Å²) >= 11 is 6.04. The number of halogens is 1. The molecule has 0 heterocycles. The van der Waals surface area contributed by atoms with Gasteiger partial charge in [-0.25, -0.2) is 0 Å². The first kappa shape index (κ1) is 14.8. The second kappa shape index (κ2) is 7.27. The Hall–Kier alpha value is -1.22. The average Bonchev–Trinajstić information content (AvgIpc) is 2.36. The summed E-state index contributed by atoms with van der Waals surface area (Å²) in [5, 5.41) is 4.00. The van der Waals surface area contributed by atoms with Crippen LogP contribution in [0.3, 0.4) is 0 Å². The summed E-state index contributed by atoms with van der Waals surface area (Å²) in [5.41, 5.74) is 2.02. The third-order valence-corrected chi connectivity index (χ3v) is 3.45. The molecule has 0 spiro atoms. The smallest absolute Gasteiger partial charge is 0.224 e. The van der Waals surface area contributed by atoms with E-state index in [-0.39, 0.29) is 5.91 Å². The van der Waals surface area contributed by atoms with Gasteiger partial charge in [-0.15, -0.1) is 0 Å². The van der Waals surface area contributed by atoms with Crippen LogP contribution in [0.15, 0.2) is 18.2 Å². The molecule has 0 aliphatic rings. The minimum atomic E-state index is 0.187. The lowest BCUT2D eigenvalue weighted by Crippen LogP contribution is -2.31. The Labute approximate surface area is 114 Å². The molecule has 1 aromatic rings. The number of benzene rings is 1. The predicted molar refractivity (Wildman–Crippen MR) is 77.2 cm³/mol. The van der Waals surface area contributed by atoms with Crippen molar-refractivity contribution in [2.75, 3.05) is 25.0 Å². The monoisotopic (exact) mass is 268 g/mol. The van der Waals surface area contributed by atoms with E-state index in [4.69, 9.17) is 11.6 Å². The van der Waals surface area contributed by atoms with E-state index in [0.717, 1.165) is 29.4 Å². The third-order valence-electron chi connectivity index (χ3n) is 3.04. The van der Waals surface area contributed by atoms with Gasteiger partial charge in [-0.05, 0) is 38.5 Å². The summed E-state index contributed by atoms with van der Waals surface area (Å²) in [6.45, 7) is 8.14. The molecule has 1 N–H and O–H groups in total. The van der Waals surface area contributed by atoms with Crippen LogP contribution in [-0.4, -0.2) is 30.4 Å². The number of anilines is 1. The maximum absolute atomic E-state index is 11.8. The van der Waals surface area contributed by atoms with Crippen LogP contribution in [0.25, 0.3) is 0 Å². The van der Waals surface area contributed by atoms with Crippen LogP contribution in [0, 0.1) is 6.92 Å². The Kier molecular flexibility index (Phi) is 5.99. The molecule has 0 unspecified atom stereocenters. The molecular formula is C14H21ClN2O. The third kappa shape index (κ3) is 3.91. The molecule has 0 aliphatic heterocycles. The zero-order valence-corrected chi connectivity index (χ0v) is 12.0. The maximum atomic E-state index is 11.8. The molecule has 1 amide bonds. The number of hydrogen-bond donors (Lipinski definition) is 1. The lowest BCUT2D eigenvalue weighted by atomic mass is 10.2. The van der Waals surface area contributed by atoms with Crippen molar-refractivity contribution in [3.63, 3.8) is 0 Å². The van der Waals surface area contributed by atoms with Gasteiger partial charge in [0.05, 0.1) is 0 Å². The highest BCUT2D eigenvalue weighted by molar-refractivity contribution is 6.31. The molecule has 3 nitrogen and oxygen atoms in total. The lowest BCUT2D eigenvalue weighted by Gasteiger charge is -2.19. The van der Waals surface area contributed by atoms with E-state index in [1.165, 1.54) is 0 Å². The Morgan fingerprint density at radius 1 is 1.33 bits per heavy atom. The fraction of sp³-hybridized carbons (Fsp3) is 0.500. The lowest BCUT2D eigenvalue weighted by molar-refractivity contribution is -0.130. The van der Waals surface area contributed by atoms with Crippen molar-refractivity contribution in [3.8, 4) is 0 Å². The first-order chi connectivity index (χ1) is 8.60. The van der Waals surface area contributed by atoms with Crippen molar-refractivity contribution in [3.05, 3.63) is 28.8 Å². The number of carbonyl (C=O) groups excluding carboxylic acids is 1. The number of nitrogens with zero attached hydrogens (tertiary/aromatic N) is 1. The Balaban J connectivity index is 2.47. The molecule has 100 valence electrons. The van der Waals surface area contributed by atoms with Gasteiger partial charge in [-0.3, -0.25) is 4.79 Å². The summed E-state index contributed by atoms with van der Waals surface area (Å²) in [5.74, 6) is 0.187. The minimum Gasteiger partial charge on any atom is -0.384 e. The normalized spacial score (nSPS) is 10.2. The first-order valence-corrected chi connectivity index (χ1v) is 6.74. The zero-order valence-electron chi connectivity index (χ0n) is 11.3. The minimum absolute atomic E-state index is 0.187. The van der Waals surface area contributed by atoms with Gasteiger partial charge in [0.2, 0.25) is 5.91 Å². The van der Waals surface area contributed by atoms with Gasteiger partial charge in [0.15, 0.2) is 0 Å². The summed E-state index contributed by atoms with van der Waals surface area (Å²) in [6, 6.07) is 5.75. The second-order valence-corrected chi connectivity index (χ2v) is 4.56. The molecule has 0 aromatic heterocycles. The van der Waals surface area contributed by atoms with E-state index in [1.54, 1.807) is 0 Å². The summed E-state index contributed by atoms with van der Waals surface area (Å²) in [6.07, 6.45) is 0.508. The van der Waals surface area contributed by atoms with Gasteiger partial charge >= 0.3 is 0 Å². The van der Waals surface area contributed by atoms with Crippen LogP contribution >= 0.6 is 11.6 Å². The van der Waals surface area contributed by atoms with Gasteiger partial charge < -0.3 is 10.2 Å². The predicted octanol–water partition coefficient (Wildman–Crippen LogP) is 3.32. The fourth-order valence-electron chi connectivity index (χ4n) is 1.84. The maximum Gasteiger partial charge on any atom is 0.224 e. The van der Waals surface area contributed by atoms with Crippen LogP contribution in [0.5, 0.6) is 0 Å². The van der Waals surface area contributed by atoms with E-state index >= 15 is 0 Å². The molecule has 1 rings (SSSR count). The fourth-order valence-corrected chi connectivity index (χ4v) is 2.01. The SMILES string of the molecule is CCN(CC)C(=O)CCNc1cccc(Cl)c1C. The summed E-state index contributed by atoms with van der Waals surface area (Å²) < 4.78 is 0. The molecule has 0 saturated carbocycles. The number of amides is 1. The van der Waals surface area contributed by atoms with E-state index in [9.17, 15) is 4.79 Å².